The lowest BCUT2D eigenvalue weighted by molar-refractivity contribution is -0.115. The van der Waals surface area contributed by atoms with Gasteiger partial charge in [0.1, 0.15) is 17.6 Å². The first-order valence-corrected chi connectivity index (χ1v) is 13.3. The Morgan fingerprint density at radius 1 is 1.14 bits per heavy atom. The van der Waals surface area contributed by atoms with Gasteiger partial charge in [0.25, 0.3) is 0 Å². The monoisotopic (exact) mass is 574 g/mol. The van der Waals surface area contributed by atoms with E-state index in [2.05, 4.69) is 61.6 Å². The largest absolute Gasteiger partial charge is 0.459 e. The number of pyridine rings is 1. The Hall–Kier alpha value is -3.49. The van der Waals surface area contributed by atoms with Crippen molar-refractivity contribution in [3.05, 3.63) is 100.0 Å². The van der Waals surface area contributed by atoms with E-state index in [1.807, 2.05) is 62.4 Å². The number of aryl methyl sites for hydroxylation is 2. The van der Waals surface area contributed by atoms with Gasteiger partial charge in [-0.05, 0) is 91.8 Å². The number of carbonyl (C=O) groups is 1. The van der Waals surface area contributed by atoms with Crippen molar-refractivity contribution < 1.29 is 9.21 Å². The number of carbonyl (C=O) groups excluding carboxylic acids is 1. The van der Waals surface area contributed by atoms with E-state index in [0.29, 0.717) is 11.5 Å². The fourth-order valence-corrected chi connectivity index (χ4v) is 5.61. The second-order valence-electron chi connectivity index (χ2n) is 9.08. The molecule has 0 unspecified atom stereocenters. The van der Waals surface area contributed by atoms with Crippen molar-refractivity contribution in [3.8, 4) is 11.3 Å². The molecular formula is C29H27BrN4O2S. The summed E-state index contributed by atoms with van der Waals surface area (Å²) in [6, 6.07) is 21.5. The number of rotatable bonds is 6. The summed E-state index contributed by atoms with van der Waals surface area (Å²) in [7, 11) is 0. The lowest BCUT2D eigenvalue weighted by Crippen LogP contribution is -2.29. The predicted molar refractivity (Wildman–Crippen MR) is 155 cm³/mol. The van der Waals surface area contributed by atoms with Crippen LogP contribution in [0.15, 0.2) is 81.8 Å². The van der Waals surface area contributed by atoms with Crippen LogP contribution in [0.4, 0.5) is 11.4 Å². The topological polar surface area (TPSA) is 70.4 Å². The highest BCUT2D eigenvalue weighted by atomic mass is 79.9. The van der Waals surface area contributed by atoms with Gasteiger partial charge in [-0.3, -0.25) is 9.78 Å². The number of nitrogens with one attached hydrogen (secondary N) is 2. The number of thiocarbonyl (C=S) groups is 1. The molecule has 1 aliphatic heterocycles. The van der Waals surface area contributed by atoms with Crippen molar-refractivity contribution >= 4 is 50.5 Å². The van der Waals surface area contributed by atoms with E-state index < -0.39 is 0 Å². The zero-order valence-corrected chi connectivity index (χ0v) is 23.2. The number of amides is 1. The third-order valence-corrected chi connectivity index (χ3v) is 7.46. The van der Waals surface area contributed by atoms with Gasteiger partial charge < -0.3 is 20.0 Å². The SMILES string of the molecule is CCC(=O)Nc1ccc(N2C(=S)N[C@@H](c3ccccn3)[C@@H]2c2ccc(-c3ccc(C)cc3Br)o2)cc1C. The van der Waals surface area contributed by atoms with Crippen molar-refractivity contribution in [3.63, 3.8) is 0 Å². The minimum atomic E-state index is -0.268. The summed E-state index contributed by atoms with van der Waals surface area (Å²) in [5.74, 6) is 1.52. The predicted octanol–water partition coefficient (Wildman–Crippen LogP) is 7.25. The number of hydrogen-bond donors (Lipinski definition) is 2. The summed E-state index contributed by atoms with van der Waals surface area (Å²) in [6.45, 7) is 5.87. The molecule has 1 amide bonds. The fourth-order valence-electron chi connectivity index (χ4n) is 4.57. The van der Waals surface area contributed by atoms with Crippen LogP contribution in [0.2, 0.25) is 0 Å². The summed E-state index contributed by atoms with van der Waals surface area (Å²) in [5.41, 5.74) is 5.67. The van der Waals surface area contributed by atoms with Crippen LogP contribution in [-0.2, 0) is 4.79 Å². The molecule has 8 heteroatoms. The Labute approximate surface area is 230 Å². The average Bonchev–Trinajstić information content (AvgIpc) is 3.50. The van der Waals surface area contributed by atoms with Gasteiger partial charge in [0.05, 0.1) is 11.7 Å². The van der Waals surface area contributed by atoms with Gasteiger partial charge in [0.2, 0.25) is 5.91 Å². The van der Waals surface area contributed by atoms with Crippen LogP contribution in [0.3, 0.4) is 0 Å². The van der Waals surface area contributed by atoms with Crippen molar-refractivity contribution in [2.24, 2.45) is 0 Å². The normalized spacial score (nSPS) is 17.1. The highest BCUT2D eigenvalue weighted by Gasteiger charge is 2.42. The third kappa shape index (κ3) is 5.04. The van der Waals surface area contributed by atoms with Crippen LogP contribution >= 0.6 is 28.1 Å². The molecule has 0 bridgehead atoms. The minimum Gasteiger partial charge on any atom is -0.459 e. The van der Waals surface area contributed by atoms with E-state index >= 15 is 0 Å². The van der Waals surface area contributed by atoms with Gasteiger partial charge in [-0.15, -0.1) is 0 Å². The molecule has 0 saturated carbocycles. The van der Waals surface area contributed by atoms with Crippen LogP contribution in [0.1, 0.15) is 48.0 Å². The van der Waals surface area contributed by atoms with Crippen molar-refractivity contribution in [1.29, 1.82) is 0 Å². The summed E-state index contributed by atoms with van der Waals surface area (Å²) in [6.07, 6.45) is 2.21. The van der Waals surface area contributed by atoms with Gasteiger partial charge in [-0.25, -0.2) is 0 Å². The third-order valence-electron chi connectivity index (χ3n) is 6.49. The maximum absolute atomic E-state index is 12.0. The van der Waals surface area contributed by atoms with Gasteiger partial charge in [-0.1, -0.05) is 35.0 Å². The summed E-state index contributed by atoms with van der Waals surface area (Å²) in [5, 5.41) is 7.01. The lowest BCUT2D eigenvalue weighted by atomic mass is 10.0. The van der Waals surface area contributed by atoms with Gasteiger partial charge in [-0.2, -0.15) is 0 Å². The van der Waals surface area contributed by atoms with Crippen molar-refractivity contribution in [2.45, 2.75) is 39.3 Å². The molecule has 2 N–H and O–H groups in total. The van der Waals surface area contributed by atoms with E-state index in [1.165, 1.54) is 5.56 Å². The molecule has 1 aliphatic rings. The minimum absolute atomic E-state index is 0.0207. The van der Waals surface area contributed by atoms with E-state index in [1.54, 1.807) is 6.20 Å². The standard InChI is InChI=1S/C29H27BrN4O2S/c1-4-26(35)32-22-11-9-19(16-18(22)3)34-28(27(33-29(34)37)23-7-5-6-14-31-23)25-13-12-24(36-25)20-10-8-17(2)15-21(20)30/h5-16,27-28H,4H2,1-3H3,(H,32,35)(H,33,37)/t27-,28-/m0/s1. The molecule has 0 spiro atoms. The van der Waals surface area contributed by atoms with Crippen molar-refractivity contribution in [1.82, 2.24) is 10.3 Å². The van der Waals surface area contributed by atoms with Crippen LogP contribution in [0, 0.1) is 13.8 Å². The maximum atomic E-state index is 12.0. The van der Waals surface area contributed by atoms with Crippen LogP contribution in [0.5, 0.6) is 0 Å². The number of hydrogen-bond acceptors (Lipinski definition) is 4. The lowest BCUT2D eigenvalue weighted by Gasteiger charge is -2.27. The van der Waals surface area contributed by atoms with Gasteiger partial charge >= 0.3 is 0 Å². The Bertz CT molecular complexity index is 1470. The summed E-state index contributed by atoms with van der Waals surface area (Å²) >= 11 is 9.52. The molecule has 6 nitrogen and oxygen atoms in total. The van der Waals surface area contributed by atoms with E-state index in [0.717, 1.165) is 44.2 Å². The molecule has 37 heavy (non-hydrogen) atoms. The number of anilines is 2. The van der Waals surface area contributed by atoms with E-state index in [9.17, 15) is 4.79 Å². The highest BCUT2D eigenvalue weighted by molar-refractivity contribution is 9.10. The number of furan rings is 1. The molecule has 188 valence electrons. The fraction of sp³-hybridized carbons (Fsp3) is 0.207. The van der Waals surface area contributed by atoms with E-state index in [4.69, 9.17) is 16.6 Å². The molecule has 0 radical (unpaired) electrons. The zero-order valence-electron chi connectivity index (χ0n) is 20.8. The Balaban J connectivity index is 1.57. The average molecular weight is 576 g/mol. The first kappa shape index (κ1) is 25.2. The molecule has 3 heterocycles. The first-order valence-electron chi connectivity index (χ1n) is 12.1. The molecule has 5 rings (SSSR count). The number of nitrogens with zero attached hydrogens (tertiary/aromatic N) is 2. The zero-order chi connectivity index (χ0) is 26.1. The van der Waals surface area contributed by atoms with Gasteiger partial charge in [0.15, 0.2) is 5.11 Å². The smallest absolute Gasteiger partial charge is 0.224 e. The first-order chi connectivity index (χ1) is 17.9. The van der Waals surface area contributed by atoms with Crippen molar-refractivity contribution in [2.75, 3.05) is 10.2 Å². The second kappa shape index (κ2) is 10.5. The quantitative estimate of drug-likeness (QED) is 0.236. The second-order valence-corrected chi connectivity index (χ2v) is 10.3. The molecule has 4 aromatic rings. The number of aromatic nitrogens is 1. The molecule has 2 aromatic carbocycles. The maximum Gasteiger partial charge on any atom is 0.224 e. The highest BCUT2D eigenvalue weighted by Crippen LogP contribution is 2.44. The molecule has 2 aromatic heterocycles. The Morgan fingerprint density at radius 2 is 1.97 bits per heavy atom. The van der Waals surface area contributed by atoms with Crippen LogP contribution in [-0.4, -0.2) is 16.0 Å². The molecule has 1 saturated heterocycles. The summed E-state index contributed by atoms with van der Waals surface area (Å²) in [4.78, 5) is 18.6. The van der Waals surface area contributed by atoms with Gasteiger partial charge in [0, 0.05) is 34.0 Å². The van der Waals surface area contributed by atoms with E-state index in [-0.39, 0.29) is 18.0 Å². The molecule has 2 atom stereocenters. The molecule has 0 aliphatic carbocycles. The number of benzene rings is 2. The number of halogens is 1. The van der Waals surface area contributed by atoms with Crippen LogP contribution < -0.4 is 15.5 Å². The Kier molecular flexibility index (Phi) is 7.13. The van der Waals surface area contributed by atoms with Crippen LogP contribution in [0.25, 0.3) is 11.3 Å². The molecular weight excluding hydrogens is 548 g/mol. The molecule has 1 fully saturated rings. The Morgan fingerprint density at radius 3 is 2.68 bits per heavy atom. The summed E-state index contributed by atoms with van der Waals surface area (Å²) < 4.78 is 7.47.